The van der Waals surface area contributed by atoms with Crippen LogP contribution in [-0.2, 0) is 0 Å². The summed E-state index contributed by atoms with van der Waals surface area (Å²) in [6, 6.07) is 6.63. The fourth-order valence-corrected chi connectivity index (χ4v) is 4.21. The van der Waals surface area contributed by atoms with E-state index in [9.17, 15) is 0 Å². The van der Waals surface area contributed by atoms with Crippen LogP contribution in [0.2, 0.25) is 0 Å². The van der Waals surface area contributed by atoms with Gasteiger partial charge in [0.2, 0.25) is 5.95 Å². The molecule has 0 atom stereocenters. The predicted octanol–water partition coefficient (Wildman–Crippen LogP) is 4.35. The van der Waals surface area contributed by atoms with Crippen LogP contribution in [0.4, 0.5) is 17.6 Å². The number of H-pyrrole nitrogens is 1. The monoisotopic (exact) mass is 367 g/mol. The predicted molar refractivity (Wildman–Crippen MR) is 104 cm³/mol. The molecular formula is C18H21N7S. The first kappa shape index (κ1) is 16.8. The normalized spacial score (nSPS) is 20.0. The van der Waals surface area contributed by atoms with Gasteiger partial charge in [0.25, 0.3) is 0 Å². The summed E-state index contributed by atoms with van der Waals surface area (Å²) in [6.07, 6.45) is 4.95. The van der Waals surface area contributed by atoms with Crippen LogP contribution in [0.15, 0.2) is 17.5 Å². The average Bonchev–Trinajstić information content (AvgIpc) is 3.26. The topological polar surface area (TPSA) is 102 Å². The van der Waals surface area contributed by atoms with E-state index >= 15 is 0 Å². The van der Waals surface area contributed by atoms with Crippen LogP contribution in [0.3, 0.4) is 0 Å². The maximum Gasteiger partial charge on any atom is 0.226 e. The van der Waals surface area contributed by atoms with E-state index in [0.717, 1.165) is 53.2 Å². The highest BCUT2D eigenvalue weighted by Gasteiger charge is 2.22. The van der Waals surface area contributed by atoms with Gasteiger partial charge in [-0.05, 0) is 50.0 Å². The van der Waals surface area contributed by atoms with Gasteiger partial charge in [-0.25, -0.2) is 4.98 Å². The first-order valence-corrected chi connectivity index (χ1v) is 9.77. The number of aromatic amines is 1. The van der Waals surface area contributed by atoms with Crippen molar-refractivity contribution in [1.82, 2.24) is 20.2 Å². The number of nitrogens with one attached hydrogen (secondary N) is 3. The summed E-state index contributed by atoms with van der Waals surface area (Å²) in [5, 5.41) is 25.8. The van der Waals surface area contributed by atoms with Crippen LogP contribution in [0, 0.1) is 24.2 Å². The van der Waals surface area contributed by atoms with Crippen LogP contribution >= 0.6 is 11.3 Å². The van der Waals surface area contributed by atoms with Crippen LogP contribution < -0.4 is 10.6 Å². The Kier molecular flexibility index (Phi) is 4.71. The molecule has 0 saturated heterocycles. The number of nitriles is 1. The van der Waals surface area contributed by atoms with Gasteiger partial charge in [-0.2, -0.15) is 15.3 Å². The van der Waals surface area contributed by atoms with E-state index < -0.39 is 0 Å². The lowest BCUT2D eigenvalue weighted by Crippen LogP contribution is -2.27. The first-order chi connectivity index (χ1) is 12.7. The highest BCUT2D eigenvalue weighted by Crippen LogP contribution is 2.31. The third-order valence-corrected chi connectivity index (χ3v) is 5.64. The van der Waals surface area contributed by atoms with E-state index in [0.29, 0.717) is 24.3 Å². The van der Waals surface area contributed by atoms with E-state index in [1.54, 1.807) is 11.3 Å². The molecule has 1 saturated carbocycles. The molecule has 1 aliphatic carbocycles. The first-order valence-electron chi connectivity index (χ1n) is 8.89. The summed E-state index contributed by atoms with van der Waals surface area (Å²) in [4.78, 5) is 10.3. The van der Waals surface area contributed by atoms with Gasteiger partial charge in [0.15, 0.2) is 5.82 Å². The molecule has 0 aromatic carbocycles. The Hall–Kier alpha value is -2.66. The van der Waals surface area contributed by atoms with Crippen molar-refractivity contribution in [2.45, 2.75) is 45.1 Å². The van der Waals surface area contributed by atoms with Gasteiger partial charge in [0, 0.05) is 24.2 Å². The van der Waals surface area contributed by atoms with Crippen LogP contribution in [0.25, 0.3) is 10.2 Å². The zero-order chi connectivity index (χ0) is 17.9. The lowest BCUT2D eigenvalue weighted by molar-refractivity contribution is 0.342. The van der Waals surface area contributed by atoms with Gasteiger partial charge in [-0.1, -0.05) is 0 Å². The maximum atomic E-state index is 8.85. The SMILES string of the molecule is Cc1cc(Nc2nc(N[C@H]3CC[C@H](CC#N)CC3)nc3sccc23)n[nH]1. The molecule has 3 aromatic rings. The number of nitrogens with zero attached hydrogens (tertiary/aromatic N) is 4. The third-order valence-electron chi connectivity index (χ3n) is 4.84. The second kappa shape index (κ2) is 7.30. The van der Waals surface area contributed by atoms with Crippen LogP contribution in [-0.4, -0.2) is 26.2 Å². The van der Waals surface area contributed by atoms with Gasteiger partial charge in [-0.3, -0.25) is 5.10 Å². The molecule has 1 aliphatic rings. The average molecular weight is 367 g/mol. The van der Waals surface area contributed by atoms with E-state index in [2.05, 4.69) is 31.9 Å². The summed E-state index contributed by atoms with van der Waals surface area (Å²) in [7, 11) is 0. The fourth-order valence-electron chi connectivity index (χ4n) is 3.44. The van der Waals surface area contributed by atoms with Crippen molar-refractivity contribution >= 4 is 39.1 Å². The van der Waals surface area contributed by atoms with Gasteiger partial charge in [-0.15, -0.1) is 11.3 Å². The number of hydrogen-bond acceptors (Lipinski definition) is 7. The standard InChI is InChI=1S/C18H21N7S/c1-11-10-15(25-24-11)21-16-14-7-9-26-17(14)23-18(22-16)20-13-4-2-12(3-5-13)6-8-19/h7,9-10,12-13H,2-6H2,1H3,(H3,20,21,22,23,24,25)/t12-,13-. The maximum absolute atomic E-state index is 8.85. The Morgan fingerprint density at radius 1 is 1.31 bits per heavy atom. The molecule has 0 spiro atoms. The molecule has 3 heterocycles. The molecule has 8 heteroatoms. The van der Waals surface area contributed by atoms with Crippen LogP contribution in [0.5, 0.6) is 0 Å². The molecule has 0 amide bonds. The summed E-state index contributed by atoms with van der Waals surface area (Å²) >= 11 is 1.61. The Bertz CT molecular complexity index is 931. The molecule has 4 rings (SSSR count). The Morgan fingerprint density at radius 3 is 2.88 bits per heavy atom. The molecule has 0 radical (unpaired) electrons. The third kappa shape index (κ3) is 3.63. The van der Waals surface area contributed by atoms with Gasteiger partial charge in [0.05, 0.1) is 11.5 Å². The number of aromatic nitrogens is 4. The van der Waals surface area contributed by atoms with Crippen molar-refractivity contribution in [2.24, 2.45) is 5.92 Å². The largest absolute Gasteiger partial charge is 0.351 e. The Labute approximate surface area is 155 Å². The smallest absolute Gasteiger partial charge is 0.226 e. The number of thiophene rings is 1. The van der Waals surface area contributed by atoms with Crippen LogP contribution in [0.1, 0.15) is 37.8 Å². The number of anilines is 3. The molecule has 0 bridgehead atoms. The summed E-state index contributed by atoms with van der Waals surface area (Å²) in [5.41, 5.74) is 0.996. The molecule has 26 heavy (non-hydrogen) atoms. The van der Waals surface area contributed by atoms with Crippen molar-refractivity contribution in [3.63, 3.8) is 0 Å². The summed E-state index contributed by atoms with van der Waals surface area (Å²) in [5.74, 6) is 2.71. The van der Waals surface area contributed by atoms with Crippen molar-refractivity contribution in [1.29, 1.82) is 5.26 Å². The molecule has 0 aliphatic heterocycles. The molecular weight excluding hydrogens is 346 g/mol. The van der Waals surface area contributed by atoms with Gasteiger partial charge < -0.3 is 10.6 Å². The zero-order valence-corrected chi connectivity index (χ0v) is 15.4. The minimum Gasteiger partial charge on any atom is -0.351 e. The molecule has 0 unspecified atom stereocenters. The minimum atomic E-state index is 0.364. The van der Waals surface area contributed by atoms with E-state index in [1.807, 2.05) is 24.4 Å². The second-order valence-electron chi connectivity index (χ2n) is 6.82. The molecule has 3 N–H and O–H groups in total. The second-order valence-corrected chi connectivity index (χ2v) is 7.72. The molecule has 134 valence electrons. The van der Waals surface area contributed by atoms with E-state index in [1.165, 1.54) is 0 Å². The van der Waals surface area contributed by atoms with Gasteiger partial charge >= 0.3 is 0 Å². The lowest BCUT2D eigenvalue weighted by Gasteiger charge is -2.27. The number of aryl methyl sites for hydroxylation is 1. The summed E-state index contributed by atoms with van der Waals surface area (Å²) in [6.45, 7) is 1.97. The Morgan fingerprint density at radius 2 is 2.15 bits per heavy atom. The van der Waals surface area contributed by atoms with Gasteiger partial charge in [0.1, 0.15) is 10.6 Å². The quantitative estimate of drug-likeness (QED) is 0.619. The fraction of sp³-hybridized carbons (Fsp3) is 0.444. The Balaban J connectivity index is 1.52. The molecule has 1 fully saturated rings. The zero-order valence-electron chi connectivity index (χ0n) is 14.6. The van der Waals surface area contributed by atoms with Crippen molar-refractivity contribution < 1.29 is 0 Å². The highest BCUT2D eigenvalue weighted by atomic mass is 32.1. The lowest BCUT2D eigenvalue weighted by atomic mass is 9.84. The van der Waals surface area contributed by atoms with Crippen molar-refractivity contribution in [3.8, 4) is 6.07 Å². The van der Waals surface area contributed by atoms with Crippen molar-refractivity contribution in [2.75, 3.05) is 10.6 Å². The van der Waals surface area contributed by atoms with E-state index in [-0.39, 0.29) is 0 Å². The number of hydrogen-bond donors (Lipinski definition) is 3. The summed E-state index contributed by atoms with van der Waals surface area (Å²) < 4.78 is 0. The van der Waals surface area contributed by atoms with E-state index in [4.69, 9.17) is 10.2 Å². The highest BCUT2D eigenvalue weighted by molar-refractivity contribution is 7.16. The number of fused-ring (bicyclic) bond motifs is 1. The molecule has 7 nitrogen and oxygen atoms in total. The minimum absolute atomic E-state index is 0.364. The van der Waals surface area contributed by atoms with Crippen molar-refractivity contribution in [3.05, 3.63) is 23.2 Å². The molecule has 3 aromatic heterocycles. The number of rotatable bonds is 5.